The van der Waals surface area contributed by atoms with Crippen LogP contribution in [0.5, 0.6) is 0 Å². The number of quaternary nitrogens is 1. The van der Waals surface area contributed by atoms with E-state index in [1.54, 1.807) is 0 Å². The van der Waals surface area contributed by atoms with Gasteiger partial charge in [0.05, 0.1) is 42.7 Å². The van der Waals surface area contributed by atoms with Gasteiger partial charge in [-0.1, -0.05) is 42.5 Å². The molecule has 6 rings (SSSR count). The van der Waals surface area contributed by atoms with Crippen LogP contribution in [-0.2, 0) is 6.54 Å². The smallest absolute Gasteiger partial charge is 0.254 e. The van der Waals surface area contributed by atoms with E-state index < -0.39 is 0 Å². The Morgan fingerprint density at radius 1 is 1.00 bits per heavy atom. The summed E-state index contributed by atoms with van der Waals surface area (Å²) in [5.41, 5.74) is 5.55. The highest BCUT2D eigenvalue weighted by Crippen LogP contribution is 2.24. The van der Waals surface area contributed by atoms with Crippen molar-refractivity contribution >= 4 is 45.7 Å². The van der Waals surface area contributed by atoms with E-state index in [1.807, 2.05) is 57.8 Å². The van der Waals surface area contributed by atoms with E-state index >= 15 is 0 Å². The molecule has 1 fully saturated rings. The molecule has 0 radical (unpaired) electrons. The third-order valence-electron chi connectivity index (χ3n) is 6.57. The molecular formula is C26H24N5OS+. The van der Waals surface area contributed by atoms with Gasteiger partial charge in [0.1, 0.15) is 12.2 Å². The molecule has 0 atom stereocenters. The third-order valence-corrected chi connectivity index (χ3v) is 6.85. The Morgan fingerprint density at radius 3 is 2.58 bits per heavy atom. The number of rotatable bonds is 3. The monoisotopic (exact) mass is 454 g/mol. The molecule has 1 amide bonds. The van der Waals surface area contributed by atoms with E-state index in [0.717, 1.165) is 60.3 Å². The number of hydrogen-bond acceptors (Lipinski definition) is 3. The van der Waals surface area contributed by atoms with Crippen LogP contribution in [-0.4, -0.2) is 51.4 Å². The van der Waals surface area contributed by atoms with Gasteiger partial charge in [-0.25, -0.2) is 4.98 Å². The fraction of sp³-hybridized carbons (Fsp3) is 0.192. The normalized spacial score (nSPS) is 15.0. The van der Waals surface area contributed by atoms with Crippen LogP contribution in [0.2, 0.25) is 0 Å². The first-order valence-corrected chi connectivity index (χ1v) is 11.7. The van der Waals surface area contributed by atoms with Crippen LogP contribution >= 0.6 is 12.2 Å². The van der Waals surface area contributed by atoms with Gasteiger partial charge in [0, 0.05) is 16.5 Å². The second-order valence-electron chi connectivity index (χ2n) is 8.65. The summed E-state index contributed by atoms with van der Waals surface area (Å²) in [6.45, 7) is 4.44. The Balaban J connectivity index is 1.26. The van der Waals surface area contributed by atoms with Crippen LogP contribution in [0.15, 0.2) is 72.8 Å². The lowest BCUT2D eigenvalue weighted by molar-refractivity contribution is -0.917. The molecule has 0 aliphatic carbocycles. The van der Waals surface area contributed by atoms with Crippen molar-refractivity contribution in [2.75, 3.05) is 26.2 Å². The summed E-state index contributed by atoms with van der Waals surface area (Å²) in [5, 5.41) is 0.952. The molecule has 33 heavy (non-hydrogen) atoms. The highest BCUT2D eigenvalue weighted by molar-refractivity contribution is 7.71. The number of piperazine rings is 1. The minimum Gasteiger partial charge on any atom is -0.331 e. The molecule has 7 heteroatoms. The van der Waals surface area contributed by atoms with Crippen LogP contribution in [0.25, 0.3) is 27.6 Å². The molecule has 164 valence electrons. The average Bonchev–Trinajstić information content (AvgIpc) is 3.25. The Morgan fingerprint density at radius 2 is 1.76 bits per heavy atom. The quantitative estimate of drug-likeness (QED) is 0.412. The van der Waals surface area contributed by atoms with E-state index in [1.165, 1.54) is 10.5 Å². The molecule has 1 aliphatic heterocycles. The van der Waals surface area contributed by atoms with Gasteiger partial charge >= 0.3 is 0 Å². The molecule has 5 aromatic rings. The highest BCUT2D eigenvalue weighted by Gasteiger charge is 2.25. The number of hydrogen-bond donors (Lipinski definition) is 2. The topological polar surface area (TPSA) is 57.8 Å². The van der Waals surface area contributed by atoms with E-state index in [0.29, 0.717) is 10.3 Å². The van der Waals surface area contributed by atoms with Crippen molar-refractivity contribution in [1.82, 2.24) is 19.3 Å². The Kier molecular flexibility index (Phi) is 4.93. The number of H-pyrrole nitrogens is 1. The summed E-state index contributed by atoms with van der Waals surface area (Å²) in [5.74, 6) is 0.0726. The van der Waals surface area contributed by atoms with E-state index in [2.05, 4.69) is 29.2 Å². The van der Waals surface area contributed by atoms with Crippen molar-refractivity contribution in [2.45, 2.75) is 6.54 Å². The van der Waals surface area contributed by atoms with Gasteiger partial charge in [-0.05, 0) is 42.5 Å². The van der Waals surface area contributed by atoms with Crippen molar-refractivity contribution in [1.29, 1.82) is 0 Å². The first-order valence-electron chi connectivity index (χ1n) is 11.3. The first kappa shape index (κ1) is 20.1. The van der Waals surface area contributed by atoms with Crippen molar-refractivity contribution in [3.8, 4) is 0 Å². The molecular weight excluding hydrogens is 430 g/mol. The standard InChI is InChI=1S/C26H23N5OS/c32-25(30-14-12-29(13-15-30)17-18-6-2-1-3-7-18)19-10-11-20-22(16-19)28-26(33)31-23-9-5-4-8-21(23)27-24(20)31/h1-11,16H,12-15,17H2,(H,28,33)/p+1. The molecule has 2 N–H and O–H groups in total. The number of benzene rings is 3. The lowest BCUT2D eigenvalue weighted by Gasteiger charge is -2.32. The second-order valence-corrected chi connectivity index (χ2v) is 9.04. The van der Waals surface area contributed by atoms with Crippen molar-refractivity contribution in [3.63, 3.8) is 0 Å². The number of nitrogens with zero attached hydrogens (tertiary/aromatic N) is 3. The minimum atomic E-state index is 0.0726. The molecule has 2 aromatic heterocycles. The summed E-state index contributed by atoms with van der Waals surface area (Å²) < 4.78 is 2.54. The number of aromatic amines is 1. The van der Waals surface area contributed by atoms with Gasteiger partial charge in [0.25, 0.3) is 5.91 Å². The minimum absolute atomic E-state index is 0.0726. The van der Waals surface area contributed by atoms with Crippen LogP contribution < -0.4 is 4.90 Å². The second kappa shape index (κ2) is 8.10. The van der Waals surface area contributed by atoms with Gasteiger partial charge in [0.15, 0.2) is 4.77 Å². The number of aromatic nitrogens is 3. The maximum atomic E-state index is 13.3. The van der Waals surface area contributed by atoms with Crippen LogP contribution in [0.3, 0.4) is 0 Å². The summed E-state index contributed by atoms with van der Waals surface area (Å²) in [6.07, 6.45) is 0. The number of carbonyl (C=O) groups excluding carboxylic acids is 1. The summed E-state index contributed by atoms with van der Waals surface area (Å²) in [4.78, 5) is 24.8. The molecule has 6 nitrogen and oxygen atoms in total. The average molecular weight is 455 g/mol. The molecule has 3 heterocycles. The zero-order chi connectivity index (χ0) is 22.4. The number of carbonyl (C=O) groups is 1. The third kappa shape index (κ3) is 3.59. The predicted molar refractivity (Wildman–Crippen MR) is 132 cm³/mol. The highest BCUT2D eigenvalue weighted by atomic mass is 32.1. The number of imidazole rings is 1. The Bertz CT molecular complexity index is 1550. The zero-order valence-corrected chi connectivity index (χ0v) is 18.9. The lowest BCUT2D eigenvalue weighted by atomic mass is 10.1. The molecule has 0 saturated carbocycles. The number of para-hydroxylation sites is 2. The maximum Gasteiger partial charge on any atom is 0.254 e. The van der Waals surface area contributed by atoms with Crippen molar-refractivity contribution in [3.05, 3.63) is 88.7 Å². The van der Waals surface area contributed by atoms with Gasteiger partial charge < -0.3 is 14.8 Å². The summed E-state index contributed by atoms with van der Waals surface area (Å²) >= 11 is 5.63. The zero-order valence-electron chi connectivity index (χ0n) is 18.1. The van der Waals surface area contributed by atoms with Crippen LogP contribution in [0.1, 0.15) is 15.9 Å². The maximum absolute atomic E-state index is 13.3. The van der Waals surface area contributed by atoms with Gasteiger partial charge in [-0.15, -0.1) is 0 Å². The SMILES string of the molecule is O=C(c1ccc2c(c1)[nH]c(=S)n1c3ccccc3nc21)N1CC[NH+](Cc2ccccc2)CC1. The van der Waals surface area contributed by atoms with E-state index in [9.17, 15) is 4.79 Å². The van der Waals surface area contributed by atoms with Crippen molar-refractivity contribution < 1.29 is 9.69 Å². The number of amides is 1. The van der Waals surface area contributed by atoms with Gasteiger partial charge in [0.2, 0.25) is 0 Å². The fourth-order valence-electron chi connectivity index (χ4n) is 4.83. The fourth-order valence-corrected chi connectivity index (χ4v) is 5.12. The van der Waals surface area contributed by atoms with E-state index in [4.69, 9.17) is 17.2 Å². The molecule has 3 aromatic carbocycles. The van der Waals surface area contributed by atoms with Gasteiger partial charge in [-0.2, -0.15) is 0 Å². The molecule has 0 bridgehead atoms. The predicted octanol–water partition coefficient (Wildman–Crippen LogP) is 3.24. The number of fused-ring (bicyclic) bond motifs is 5. The largest absolute Gasteiger partial charge is 0.331 e. The Labute approximate surface area is 196 Å². The van der Waals surface area contributed by atoms with Crippen molar-refractivity contribution in [2.24, 2.45) is 0 Å². The molecule has 0 unspecified atom stereocenters. The summed E-state index contributed by atoms with van der Waals surface area (Å²) in [7, 11) is 0. The van der Waals surface area contributed by atoms with E-state index in [-0.39, 0.29) is 5.91 Å². The first-order chi connectivity index (χ1) is 16.2. The Hall–Kier alpha value is -3.55. The molecule has 1 saturated heterocycles. The number of nitrogens with one attached hydrogen (secondary N) is 2. The molecule has 0 spiro atoms. The summed E-state index contributed by atoms with van der Waals surface area (Å²) in [6, 6.07) is 24.3. The van der Waals surface area contributed by atoms with Gasteiger partial charge in [-0.3, -0.25) is 9.20 Å². The van der Waals surface area contributed by atoms with Crippen LogP contribution in [0, 0.1) is 4.77 Å². The molecule has 1 aliphatic rings. The van der Waals surface area contributed by atoms with Crippen LogP contribution in [0.4, 0.5) is 0 Å². The lowest BCUT2D eigenvalue weighted by Crippen LogP contribution is -3.13.